The number of hydrogen-bond donors (Lipinski definition) is 1. The number of hydrogen-bond acceptors (Lipinski definition) is 5. The number of unbranched alkanes of at least 4 members (excludes halogenated alkanes) is 2. The molecule has 1 fully saturated rings. The number of benzene rings is 2. The third kappa shape index (κ3) is 6.00. The second-order valence-corrected chi connectivity index (χ2v) is 10.4. The first-order valence-electron chi connectivity index (χ1n) is 11.6. The summed E-state index contributed by atoms with van der Waals surface area (Å²) in [7, 11) is -3.48. The molecule has 0 radical (unpaired) electrons. The molecule has 2 aromatic rings. The molecule has 1 N–H and O–H groups in total. The van der Waals surface area contributed by atoms with Crippen LogP contribution >= 0.6 is 0 Å². The van der Waals surface area contributed by atoms with E-state index in [1.54, 1.807) is 18.2 Å². The summed E-state index contributed by atoms with van der Waals surface area (Å²) >= 11 is 0. The van der Waals surface area contributed by atoms with Crippen molar-refractivity contribution in [3.05, 3.63) is 65.2 Å². The highest BCUT2D eigenvalue weighted by atomic mass is 32.2. The van der Waals surface area contributed by atoms with Crippen molar-refractivity contribution >= 4 is 21.8 Å². The number of amidine groups is 1. The molecule has 7 nitrogen and oxygen atoms in total. The monoisotopic (exact) mass is 468 g/mol. The van der Waals surface area contributed by atoms with Crippen molar-refractivity contribution in [2.24, 2.45) is 4.99 Å². The molecular formula is C25H32N4O3S. The van der Waals surface area contributed by atoms with E-state index < -0.39 is 10.0 Å². The van der Waals surface area contributed by atoms with Crippen LogP contribution in [0.15, 0.2) is 58.4 Å². The zero-order chi connectivity index (χ0) is 23.3. The quantitative estimate of drug-likeness (QED) is 0.604. The summed E-state index contributed by atoms with van der Waals surface area (Å²) in [5, 5.41) is 0. The third-order valence-corrected chi connectivity index (χ3v) is 7.59. The Hall–Kier alpha value is -2.71. The summed E-state index contributed by atoms with van der Waals surface area (Å²) < 4.78 is 26.8. The molecule has 2 aliphatic heterocycles. The zero-order valence-corrected chi connectivity index (χ0v) is 20.0. The van der Waals surface area contributed by atoms with Crippen LogP contribution in [0.3, 0.4) is 0 Å². The lowest BCUT2D eigenvalue weighted by molar-refractivity contribution is -0.133. The van der Waals surface area contributed by atoms with Gasteiger partial charge in [-0.05, 0) is 37.5 Å². The van der Waals surface area contributed by atoms with Crippen LogP contribution in [0.4, 0.5) is 0 Å². The number of aliphatic imine (C=N–C) groups is 1. The fraction of sp³-hybridized carbons (Fsp3) is 0.440. The molecule has 33 heavy (non-hydrogen) atoms. The number of amides is 1. The standard InChI is InChI=1S/C25H32N4O3S/c1-20-8-7-9-21(18-20)19-28-14-16-29(17-15-28)24(30)12-3-2-6-13-26-25-22-10-4-5-11-23(22)33(31,32)27-25/h4-5,7-11,18H,2-3,6,12-17,19H2,1H3,(H,26,27). The van der Waals surface area contributed by atoms with Gasteiger partial charge in [-0.3, -0.25) is 19.4 Å². The van der Waals surface area contributed by atoms with Gasteiger partial charge in [0.05, 0.1) is 4.90 Å². The van der Waals surface area contributed by atoms with Crippen LogP contribution < -0.4 is 4.72 Å². The first kappa shape index (κ1) is 23.4. The van der Waals surface area contributed by atoms with E-state index in [4.69, 9.17) is 0 Å². The number of carbonyl (C=O) groups excluding carboxylic acids is 1. The number of nitrogens with one attached hydrogen (secondary N) is 1. The Bertz CT molecular complexity index is 1120. The van der Waals surface area contributed by atoms with Gasteiger partial charge in [0.15, 0.2) is 0 Å². The van der Waals surface area contributed by atoms with Gasteiger partial charge in [0.25, 0.3) is 10.0 Å². The highest BCUT2D eigenvalue weighted by molar-refractivity contribution is 7.90. The Morgan fingerprint density at radius 1 is 1.00 bits per heavy atom. The molecule has 0 spiro atoms. The molecule has 0 aliphatic carbocycles. The van der Waals surface area contributed by atoms with Gasteiger partial charge in [0.1, 0.15) is 5.84 Å². The molecule has 0 atom stereocenters. The predicted molar refractivity (Wildman–Crippen MR) is 130 cm³/mol. The number of carbonyl (C=O) groups is 1. The van der Waals surface area contributed by atoms with Gasteiger partial charge in [0, 0.05) is 51.3 Å². The molecule has 1 amide bonds. The molecule has 0 saturated carbocycles. The van der Waals surface area contributed by atoms with Gasteiger partial charge in [-0.2, -0.15) is 0 Å². The number of fused-ring (bicyclic) bond motifs is 1. The lowest BCUT2D eigenvalue weighted by Crippen LogP contribution is -2.48. The van der Waals surface area contributed by atoms with E-state index in [-0.39, 0.29) is 10.8 Å². The Morgan fingerprint density at radius 3 is 2.58 bits per heavy atom. The summed E-state index contributed by atoms with van der Waals surface area (Å²) in [6, 6.07) is 15.5. The maximum absolute atomic E-state index is 12.6. The van der Waals surface area contributed by atoms with E-state index in [2.05, 4.69) is 45.8 Å². The second kappa shape index (κ2) is 10.5. The molecule has 2 heterocycles. The summed E-state index contributed by atoms with van der Waals surface area (Å²) in [6.45, 7) is 6.99. The largest absolute Gasteiger partial charge is 0.340 e. The second-order valence-electron chi connectivity index (χ2n) is 8.79. The third-order valence-electron chi connectivity index (χ3n) is 6.20. The molecule has 0 unspecified atom stereocenters. The Kier molecular flexibility index (Phi) is 7.45. The van der Waals surface area contributed by atoms with E-state index in [0.717, 1.165) is 52.0 Å². The minimum Gasteiger partial charge on any atom is -0.340 e. The first-order valence-corrected chi connectivity index (χ1v) is 13.1. The minimum atomic E-state index is -3.48. The fourth-order valence-electron chi connectivity index (χ4n) is 4.39. The average molecular weight is 469 g/mol. The number of nitrogens with zero attached hydrogens (tertiary/aromatic N) is 3. The van der Waals surface area contributed by atoms with Gasteiger partial charge in [0.2, 0.25) is 5.91 Å². The van der Waals surface area contributed by atoms with Crippen LogP contribution in [0.5, 0.6) is 0 Å². The Labute approximate surface area is 196 Å². The summed E-state index contributed by atoms with van der Waals surface area (Å²) in [5.74, 6) is 0.652. The molecule has 8 heteroatoms. The van der Waals surface area contributed by atoms with Crippen molar-refractivity contribution in [1.29, 1.82) is 0 Å². The van der Waals surface area contributed by atoms with Crippen LogP contribution in [-0.4, -0.2) is 62.7 Å². The maximum Gasteiger partial charge on any atom is 0.263 e. The number of sulfonamides is 1. The van der Waals surface area contributed by atoms with E-state index >= 15 is 0 Å². The van der Waals surface area contributed by atoms with Crippen molar-refractivity contribution in [1.82, 2.24) is 14.5 Å². The Morgan fingerprint density at radius 2 is 1.79 bits per heavy atom. The molecule has 0 aromatic heterocycles. The van der Waals surface area contributed by atoms with Gasteiger partial charge < -0.3 is 4.90 Å². The van der Waals surface area contributed by atoms with E-state index in [9.17, 15) is 13.2 Å². The van der Waals surface area contributed by atoms with Gasteiger partial charge in [-0.15, -0.1) is 0 Å². The van der Waals surface area contributed by atoms with Crippen molar-refractivity contribution in [2.45, 2.75) is 44.0 Å². The van der Waals surface area contributed by atoms with Gasteiger partial charge >= 0.3 is 0 Å². The van der Waals surface area contributed by atoms with Crippen LogP contribution in [-0.2, 0) is 21.4 Å². The summed E-state index contributed by atoms with van der Waals surface area (Å²) in [5.41, 5.74) is 3.24. The lowest BCUT2D eigenvalue weighted by atomic mass is 10.1. The van der Waals surface area contributed by atoms with Crippen LogP contribution in [0.1, 0.15) is 42.4 Å². The van der Waals surface area contributed by atoms with E-state index in [0.29, 0.717) is 24.4 Å². The highest BCUT2D eigenvalue weighted by Crippen LogP contribution is 2.22. The maximum atomic E-state index is 12.6. The highest BCUT2D eigenvalue weighted by Gasteiger charge is 2.29. The average Bonchev–Trinajstić information content (AvgIpc) is 3.07. The van der Waals surface area contributed by atoms with E-state index in [1.165, 1.54) is 11.1 Å². The number of rotatable bonds is 8. The SMILES string of the molecule is Cc1cccc(CN2CCN(C(=O)CCCCCN=C3NS(=O)(=O)c4ccccc43)CC2)c1. The summed E-state index contributed by atoms with van der Waals surface area (Å²) in [6.07, 6.45) is 3.11. The van der Waals surface area contributed by atoms with Crippen molar-refractivity contribution < 1.29 is 13.2 Å². The summed E-state index contributed by atoms with van der Waals surface area (Å²) in [4.78, 5) is 21.7. The zero-order valence-electron chi connectivity index (χ0n) is 19.2. The molecular weight excluding hydrogens is 436 g/mol. The van der Waals surface area contributed by atoms with Crippen molar-refractivity contribution in [3.8, 4) is 0 Å². The molecule has 2 aromatic carbocycles. The molecule has 176 valence electrons. The lowest BCUT2D eigenvalue weighted by Gasteiger charge is -2.35. The molecule has 0 bridgehead atoms. The first-order chi connectivity index (χ1) is 15.9. The number of aryl methyl sites for hydroxylation is 1. The topological polar surface area (TPSA) is 82.1 Å². The fourth-order valence-corrected chi connectivity index (χ4v) is 5.64. The van der Waals surface area contributed by atoms with Gasteiger partial charge in [-0.1, -0.05) is 48.4 Å². The normalized spacial score (nSPS) is 18.8. The Balaban J connectivity index is 1.14. The van der Waals surface area contributed by atoms with Crippen LogP contribution in [0.25, 0.3) is 0 Å². The van der Waals surface area contributed by atoms with E-state index in [1.807, 2.05) is 11.0 Å². The van der Waals surface area contributed by atoms with Crippen LogP contribution in [0.2, 0.25) is 0 Å². The predicted octanol–water partition coefficient (Wildman–Crippen LogP) is 2.94. The van der Waals surface area contributed by atoms with Crippen molar-refractivity contribution in [2.75, 3.05) is 32.7 Å². The molecule has 4 rings (SSSR count). The molecule has 2 aliphatic rings. The smallest absolute Gasteiger partial charge is 0.263 e. The molecule has 1 saturated heterocycles. The minimum absolute atomic E-state index is 0.231. The van der Waals surface area contributed by atoms with Gasteiger partial charge in [-0.25, -0.2) is 8.42 Å². The number of piperazine rings is 1. The van der Waals surface area contributed by atoms with Crippen LogP contribution in [0, 0.1) is 6.92 Å². The van der Waals surface area contributed by atoms with Crippen molar-refractivity contribution in [3.63, 3.8) is 0 Å².